The fraction of sp³-hybridized carbons (Fsp3) is 0.133. The molecule has 6 nitrogen and oxygen atoms in total. The predicted molar refractivity (Wildman–Crippen MR) is 147 cm³/mol. The zero-order chi connectivity index (χ0) is 26.1. The summed E-state index contributed by atoms with van der Waals surface area (Å²) in [6, 6.07) is 34.7. The van der Waals surface area contributed by atoms with E-state index in [1.165, 1.54) is 7.11 Å². The third-order valence-corrected chi connectivity index (χ3v) is 6.50. The van der Waals surface area contributed by atoms with Crippen LogP contribution in [-0.2, 0) is 26.4 Å². The van der Waals surface area contributed by atoms with Gasteiger partial charge in [0.05, 0.1) is 13.2 Å². The van der Waals surface area contributed by atoms with Crippen LogP contribution in [0.4, 0.5) is 10.5 Å². The quantitative estimate of drug-likeness (QED) is 0.226. The number of hydrogen-bond acceptors (Lipinski definition) is 5. The molecule has 2 N–H and O–H groups in total. The minimum absolute atomic E-state index is 0.0480. The van der Waals surface area contributed by atoms with E-state index in [0.717, 1.165) is 21.3 Å². The maximum atomic E-state index is 13.8. The molecule has 4 aromatic carbocycles. The van der Waals surface area contributed by atoms with Crippen LogP contribution in [0.2, 0.25) is 0 Å². The van der Waals surface area contributed by atoms with Gasteiger partial charge in [0.25, 0.3) is 0 Å². The highest BCUT2D eigenvalue weighted by molar-refractivity contribution is 9.10. The largest absolute Gasteiger partial charge is 0.467 e. The van der Waals surface area contributed by atoms with Gasteiger partial charge in [-0.05, 0) is 41.0 Å². The van der Waals surface area contributed by atoms with Crippen LogP contribution in [0.5, 0.6) is 0 Å². The van der Waals surface area contributed by atoms with Gasteiger partial charge in [0, 0.05) is 10.2 Å². The van der Waals surface area contributed by atoms with Crippen molar-refractivity contribution in [2.75, 3.05) is 12.4 Å². The highest BCUT2D eigenvalue weighted by Crippen LogP contribution is 2.40. The predicted octanol–water partition coefficient (Wildman–Crippen LogP) is 6.60. The lowest BCUT2D eigenvalue weighted by Gasteiger charge is -2.40. The van der Waals surface area contributed by atoms with E-state index in [1.54, 1.807) is 12.1 Å². The van der Waals surface area contributed by atoms with Crippen molar-refractivity contribution in [3.63, 3.8) is 0 Å². The summed E-state index contributed by atoms with van der Waals surface area (Å²) < 4.78 is 11.7. The van der Waals surface area contributed by atoms with Crippen LogP contribution < -0.4 is 10.6 Å². The summed E-state index contributed by atoms with van der Waals surface area (Å²) in [5.74, 6) is -0.649. The fourth-order valence-corrected chi connectivity index (χ4v) is 4.44. The number of methoxy groups -OCH3 is 1. The molecule has 0 aliphatic carbocycles. The molecule has 0 saturated heterocycles. The van der Waals surface area contributed by atoms with E-state index < -0.39 is 23.6 Å². The number of benzene rings is 4. The van der Waals surface area contributed by atoms with E-state index in [1.807, 2.05) is 103 Å². The van der Waals surface area contributed by atoms with E-state index in [9.17, 15) is 9.59 Å². The molecule has 4 rings (SSSR count). The van der Waals surface area contributed by atoms with E-state index in [2.05, 4.69) is 26.6 Å². The smallest absolute Gasteiger partial charge is 0.408 e. The first-order chi connectivity index (χ1) is 18.0. The Labute approximate surface area is 224 Å². The molecule has 188 valence electrons. The minimum Gasteiger partial charge on any atom is -0.467 e. The van der Waals surface area contributed by atoms with Crippen molar-refractivity contribution in [1.29, 1.82) is 0 Å². The molecule has 4 aromatic rings. The van der Waals surface area contributed by atoms with Crippen molar-refractivity contribution in [2.24, 2.45) is 0 Å². The van der Waals surface area contributed by atoms with Crippen molar-refractivity contribution in [2.45, 2.75) is 18.2 Å². The SMILES string of the molecule is COC(=O)[C@@](NC(=O)OCc1ccccc1)(c1ccc(Br)cc1)[C@H](Nc1ccccc1)c1ccccc1. The molecule has 0 heterocycles. The molecule has 7 heteroatoms. The number of rotatable bonds is 9. The first-order valence-electron chi connectivity index (χ1n) is 11.7. The summed E-state index contributed by atoms with van der Waals surface area (Å²) >= 11 is 3.46. The molecular weight excluding hydrogens is 532 g/mol. The van der Waals surface area contributed by atoms with Gasteiger partial charge in [0.2, 0.25) is 0 Å². The second-order valence-corrected chi connectivity index (χ2v) is 9.26. The number of amides is 1. The number of nitrogens with one attached hydrogen (secondary N) is 2. The Hall–Kier alpha value is -4.10. The van der Waals surface area contributed by atoms with Gasteiger partial charge in [-0.15, -0.1) is 0 Å². The summed E-state index contributed by atoms with van der Waals surface area (Å²) in [5.41, 5.74) is 1.20. The monoisotopic (exact) mass is 558 g/mol. The lowest BCUT2D eigenvalue weighted by molar-refractivity contribution is -0.150. The van der Waals surface area contributed by atoms with Crippen molar-refractivity contribution in [3.05, 3.63) is 136 Å². The van der Waals surface area contributed by atoms with Gasteiger partial charge in [0.15, 0.2) is 5.54 Å². The molecule has 0 spiro atoms. The minimum atomic E-state index is -1.68. The fourth-order valence-electron chi connectivity index (χ4n) is 4.18. The Balaban J connectivity index is 1.82. The Bertz CT molecular complexity index is 1300. The van der Waals surface area contributed by atoms with Crippen molar-refractivity contribution in [3.8, 4) is 0 Å². The van der Waals surface area contributed by atoms with Crippen LogP contribution in [0, 0.1) is 0 Å². The summed E-state index contributed by atoms with van der Waals surface area (Å²) in [7, 11) is 1.30. The highest BCUT2D eigenvalue weighted by atomic mass is 79.9. The number of esters is 1. The van der Waals surface area contributed by atoms with E-state index in [-0.39, 0.29) is 6.61 Å². The number of anilines is 1. The van der Waals surface area contributed by atoms with Gasteiger partial charge in [-0.25, -0.2) is 9.59 Å². The van der Waals surface area contributed by atoms with E-state index in [0.29, 0.717) is 5.56 Å². The molecule has 0 saturated carbocycles. The standard InChI is InChI=1S/C30H27BrN2O4/c1-36-28(34)30(24-17-19-25(31)20-18-24,33-29(35)37-21-22-11-5-2-6-12-22)27(23-13-7-3-8-14-23)32-26-15-9-4-10-16-26/h2-20,27,32H,21H2,1H3,(H,33,35)/t27-,30-/m1/s1. The molecule has 0 aromatic heterocycles. The van der Waals surface area contributed by atoms with Crippen LogP contribution >= 0.6 is 15.9 Å². The molecule has 0 aliphatic heterocycles. The molecular formula is C30H27BrN2O4. The average Bonchev–Trinajstić information content (AvgIpc) is 2.95. The van der Waals surface area contributed by atoms with Crippen molar-refractivity contribution < 1.29 is 19.1 Å². The highest BCUT2D eigenvalue weighted by Gasteiger charge is 2.51. The number of alkyl carbamates (subject to hydrolysis) is 1. The molecule has 0 unspecified atom stereocenters. The van der Waals surface area contributed by atoms with Gasteiger partial charge in [-0.1, -0.05) is 107 Å². The first-order valence-corrected chi connectivity index (χ1v) is 12.5. The van der Waals surface area contributed by atoms with Gasteiger partial charge in [-0.3, -0.25) is 5.32 Å². The average molecular weight is 559 g/mol. The first kappa shape index (κ1) is 26.0. The van der Waals surface area contributed by atoms with E-state index >= 15 is 0 Å². The van der Waals surface area contributed by atoms with Gasteiger partial charge in [-0.2, -0.15) is 0 Å². The van der Waals surface area contributed by atoms with Crippen LogP contribution in [0.15, 0.2) is 120 Å². The second kappa shape index (κ2) is 12.2. The van der Waals surface area contributed by atoms with Crippen LogP contribution in [-0.4, -0.2) is 19.2 Å². The van der Waals surface area contributed by atoms with Gasteiger partial charge >= 0.3 is 12.1 Å². The number of para-hydroxylation sites is 1. The third-order valence-electron chi connectivity index (χ3n) is 5.97. The third kappa shape index (κ3) is 6.19. The Kier molecular flexibility index (Phi) is 8.59. The molecule has 0 fully saturated rings. The number of carbonyl (C=O) groups excluding carboxylic acids is 2. The Morgan fingerprint density at radius 2 is 1.38 bits per heavy atom. The van der Waals surface area contributed by atoms with Gasteiger partial charge < -0.3 is 14.8 Å². The molecule has 1 amide bonds. The number of carbonyl (C=O) groups is 2. The number of hydrogen-bond donors (Lipinski definition) is 2. The lowest BCUT2D eigenvalue weighted by atomic mass is 9.78. The number of ether oxygens (including phenoxy) is 2. The number of halogens is 1. The summed E-state index contributed by atoms with van der Waals surface area (Å²) in [6.07, 6.45) is -0.757. The van der Waals surface area contributed by atoms with Gasteiger partial charge in [0.1, 0.15) is 6.61 Å². The summed E-state index contributed by atoms with van der Waals surface area (Å²) in [5, 5.41) is 6.35. The zero-order valence-corrected chi connectivity index (χ0v) is 21.9. The molecule has 2 atom stereocenters. The lowest BCUT2D eigenvalue weighted by Crippen LogP contribution is -2.58. The van der Waals surface area contributed by atoms with Crippen molar-refractivity contribution in [1.82, 2.24) is 5.32 Å². The molecule has 37 heavy (non-hydrogen) atoms. The maximum absolute atomic E-state index is 13.8. The maximum Gasteiger partial charge on any atom is 0.408 e. The topological polar surface area (TPSA) is 76.7 Å². The van der Waals surface area contributed by atoms with E-state index in [4.69, 9.17) is 9.47 Å². The summed E-state index contributed by atoms with van der Waals surface area (Å²) in [4.78, 5) is 27.1. The zero-order valence-electron chi connectivity index (χ0n) is 20.3. The van der Waals surface area contributed by atoms with Crippen LogP contribution in [0.3, 0.4) is 0 Å². The van der Waals surface area contributed by atoms with Crippen molar-refractivity contribution >= 4 is 33.7 Å². The summed E-state index contributed by atoms with van der Waals surface area (Å²) in [6.45, 7) is 0.0480. The van der Waals surface area contributed by atoms with Crippen LogP contribution in [0.1, 0.15) is 22.7 Å². The Morgan fingerprint density at radius 1 is 0.811 bits per heavy atom. The molecule has 0 radical (unpaired) electrons. The second-order valence-electron chi connectivity index (χ2n) is 8.35. The molecule has 0 bridgehead atoms. The molecule has 0 aliphatic rings. The normalized spacial score (nSPS) is 13.0. The Morgan fingerprint density at radius 3 is 1.97 bits per heavy atom. The van der Waals surface area contributed by atoms with Crippen LogP contribution in [0.25, 0.3) is 0 Å².